The zero-order valence-electron chi connectivity index (χ0n) is 11.8. The molecule has 0 N–H and O–H groups in total. The van der Waals surface area contributed by atoms with Crippen LogP contribution in [0.2, 0.25) is 0 Å². The van der Waals surface area contributed by atoms with Crippen molar-refractivity contribution in [3.05, 3.63) is 59.2 Å². The van der Waals surface area contributed by atoms with Gasteiger partial charge in [0.1, 0.15) is 6.61 Å². The van der Waals surface area contributed by atoms with Gasteiger partial charge in [0.05, 0.1) is 6.61 Å². The average Bonchev–Trinajstić information content (AvgIpc) is 2.95. The topological polar surface area (TPSA) is 44.8 Å². The van der Waals surface area contributed by atoms with Gasteiger partial charge in [0.2, 0.25) is 6.79 Å². The van der Waals surface area contributed by atoms with E-state index in [-0.39, 0.29) is 19.2 Å². The molecule has 1 aliphatic heterocycles. The van der Waals surface area contributed by atoms with Gasteiger partial charge in [0, 0.05) is 5.56 Å². The maximum absolute atomic E-state index is 12.1. The zero-order chi connectivity index (χ0) is 14.7. The predicted molar refractivity (Wildman–Crippen MR) is 77.7 cm³/mol. The minimum Gasteiger partial charge on any atom is -0.454 e. The van der Waals surface area contributed by atoms with Crippen molar-refractivity contribution < 1.29 is 19.0 Å². The van der Waals surface area contributed by atoms with Crippen molar-refractivity contribution in [3.8, 4) is 11.5 Å². The summed E-state index contributed by atoms with van der Waals surface area (Å²) >= 11 is 0. The quantitative estimate of drug-likeness (QED) is 0.791. The second-order valence-corrected chi connectivity index (χ2v) is 4.92. The lowest BCUT2D eigenvalue weighted by atomic mass is 10.1. The average molecular weight is 284 g/mol. The summed E-state index contributed by atoms with van der Waals surface area (Å²) in [5.74, 6) is 1.46. The molecule has 2 aromatic rings. The van der Waals surface area contributed by atoms with Crippen LogP contribution >= 0.6 is 0 Å². The molecule has 0 saturated heterocycles. The van der Waals surface area contributed by atoms with Crippen LogP contribution in [-0.2, 0) is 11.3 Å². The smallest absolute Gasteiger partial charge is 0.231 e. The number of rotatable bonds is 5. The highest BCUT2D eigenvalue weighted by atomic mass is 16.7. The van der Waals surface area contributed by atoms with Gasteiger partial charge in [-0.3, -0.25) is 4.79 Å². The Morgan fingerprint density at radius 1 is 1.14 bits per heavy atom. The Balaban J connectivity index is 1.57. The summed E-state index contributed by atoms with van der Waals surface area (Å²) in [6.07, 6.45) is 0. The molecule has 4 nitrogen and oxygen atoms in total. The number of benzene rings is 2. The normalized spacial score (nSPS) is 12.4. The van der Waals surface area contributed by atoms with E-state index in [0.717, 1.165) is 22.6 Å². The molecule has 0 fully saturated rings. The van der Waals surface area contributed by atoms with Gasteiger partial charge in [-0.05, 0) is 30.2 Å². The minimum absolute atomic E-state index is 0.00570. The number of hydrogen-bond donors (Lipinski definition) is 0. The van der Waals surface area contributed by atoms with Crippen molar-refractivity contribution in [2.75, 3.05) is 13.4 Å². The van der Waals surface area contributed by atoms with Crippen LogP contribution in [0, 0.1) is 6.92 Å². The van der Waals surface area contributed by atoms with Crippen LogP contribution in [0.5, 0.6) is 11.5 Å². The van der Waals surface area contributed by atoms with Crippen molar-refractivity contribution in [1.29, 1.82) is 0 Å². The Bertz CT molecular complexity index is 664. The van der Waals surface area contributed by atoms with Gasteiger partial charge < -0.3 is 14.2 Å². The molecular weight excluding hydrogens is 268 g/mol. The highest BCUT2D eigenvalue weighted by Crippen LogP contribution is 2.32. The summed E-state index contributed by atoms with van der Waals surface area (Å²) in [5.41, 5.74) is 2.63. The third-order valence-electron chi connectivity index (χ3n) is 3.38. The molecule has 0 radical (unpaired) electrons. The number of fused-ring (bicyclic) bond motifs is 1. The number of hydrogen-bond acceptors (Lipinski definition) is 4. The summed E-state index contributed by atoms with van der Waals surface area (Å²) in [6, 6.07) is 13.2. The molecule has 108 valence electrons. The van der Waals surface area contributed by atoms with Crippen LogP contribution < -0.4 is 9.47 Å². The van der Waals surface area contributed by atoms with E-state index < -0.39 is 0 Å². The van der Waals surface area contributed by atoms with Gasteiger partial charge >= 0.3 is 0 Å². The molecule has 3 rings (SSSR count). The number of ketones is 1. The van der Waals surface area contributed by atoms with Crippen molar-refractivity contribution in [3.63, 3.8) is 0 Å². The minimum atomic E-state index is -0.00570. The number of carbonyl (C=O) groups excluding carboxylic acids is 1. The van der Waals surface area contributed by atoms with Crippen LogP contribution in [0.3, 0.4) is 0 Å². The van der Waals surface area contributed by atoms with Crippen LogP contribution in [-0.4, -0.2) is 19.2 Å². The highest BCUT2D eigenvalue weighted by Gasteiger charge is 2.13. The second-order valence-electron chi connectivity index (χ2n) is 4.92. The molecule has 0 saturated carbocycles. The van der Waals surface area contributed by atoms with E-state index in [0.29, 0.717) is 12.2 Å². The zero-order valence-corrected chi connectivity index (χ0v) is 11.8. The first-order chi connectivity index (χ1) is 10.2. The third kappa shape index (κ3) is 3.06. The van der Waals surface area contributed by atoms with Crippen molar-refractivity contribution in [2.45, 2.75) is 13.5 Å². The van der Waals surface area contributed by atoms with Crippen molar-refractivity contribution >= 4 is 5.78 Å². The Kier molecular flexibility index (Phi) is 3.88. The SMILES string of the molecule is Cc1ccccc1C(=O)COCc1ccc2c(c1)OCO2. The summed E-state index contributed by atoms with van der Waals surface area (Å²) < 4.78 is 16.1. The lowest BCUT2D eigenvalue weighted by Gasteiger charge is -2.07. The van der Waals surface area contributed by atoms with Gasteiger partial charge in [-0.25, -0.2) is 0 Å². The van der Waals surface area contributed by atoms with E-state index >= 15 is 0 Å². The third-order valence-corrected chi connectivity index (χ3v) is 3.38. The summed E-state index contributed by atoms with van der Waals surface area (Å²) in [6.45, 7) is 2.62. The molecule has 21 heavy (non-hydrogen) atoms. The molecule has 0 bridgehead atoms. The molecule has 1 heterocycles. The highest BCUT2D eigenvalue weighted by molar-refractivity contribution is 5.98. The predicted octanol–water partition coefficient (Wildman–Crippen LogP) is 3.12. The van der Waals surface area contributed by atoms with Crippen molar-refractivity contribution in [2.24, 2.45) is 0 Å². The Morgan fingerprint density at radius 2 is 1.95 bits per heavy atom. The number of aryl methyl sites for hydroxylation is 1. The molecule has 0 unspecified atom stereocenters. The van der Waals surface area contributed by atoms with Gasteiger partial charge in [-0.1, -0.05) is 30.3 Å². The van der Waals surface area contributed by atoms with Gasteiger partial charge in [-0.15, -0.1) is 0 Å². The van der Waals surface area contributed by atoms with E-state index in [1.54, 1.807) is 0 Å². The van der Waals surface area contributed by atoms with E-state index in [2.05, 4.69) is 0 Å². The maximum Gasteiger partial charge on any atom is 0.231 e. The number of ether oxygens (including phenoxy) is 3. The summed E-state index contributed by atoms with van der Waals surface area (Å²) in [5, 5.41) is 0. The molecule has 0 aliphatic carbocycles. The summed E-state index contributed by atoms with van der Waals surface area (Å²) in [7, 11) is 0. The Hall–Kier alpha value is -2.33. The van der Waals surface area contributed by atoms with Gasteiger partial charge in [0.25, 0.3) is 0 Å². The first-order valence-electron chi connectivity index (χ1n) is 6.79. The van der Waals surface area contributed by atoms with Gasteiger partial charge in [-0.2, -0.15) is 0 Å². The lowest BCUT2D eigenvalue weighted by Crippen LogP contribution is -2.10. The monoisotopic (exact) mass is 284 g/mol. The molecular formula is C17H16O4. The molecule has 1 aliphatic rings. The fourth-order valence-electron chi connectivity index (χ4n) is 2.26. The lowest BCUT2D eigenvalue weighted by molar-refractivity contribution is 0.0726. The largest absolute Gasteiger partial charge is 0.454 e. The van der Waals surface area contributed by atoms with Crippen LogP contribution in [0.1, 0.15) is 21.5 Å². The molecule has 2 aromatic carbocycles. The molecule has 4 heteroatoms. The summed E-state index contributed by atoms with van der Waals surface area (Å²) in [4.78, 5) is 12.1. The first kappa shape index (κ1) is 13.6. The molecule has 0 aromatic heterocycles. The van der Waals surface area contributed by atoms with Gasteiger partial charge in [0.15, 0.2) is 17.3 Å². The fraction of sp³-hybridized carbons (Fsp3) is 0.235. The van der Waals surface area contributed by atoms with E-state index in [4.69, 9.17) is 14.2 Å². The van der Waals surface area contributed by atoms with Crippen LogP contribution in [0.25, 0.3) is 0 Å². The maximum atomic E-state index is 12.1. The van der Waals surface area contributed by atoms with Crippen LogP contribution in [0.15, 0.2) is 42.5 Å². The Labute approximate surface area is 123 Å². The first-order valence-corrected chi connectivity index (χ1v) is 6.79. The molecule has 0 spiro atoms. The number of carbonyl (C=O) groups is 1. The van der Waals surface area contributed by atoms with E-state index in [9.17, 15) is 4.79 Å². The standard InChI is InChI=1S/C17H16O4/c1-12-4-2-3-5-14(12)15(18)10-19-9-13-6-7-16-17(8-13)21-11-20-16/h2-8H,9-11H2,1H3. The fourth-order valence-corrected chi connectivity index (χ4v) is 2.26. The van der Waals surface area contributed by atoms with Crippen molar-refractivity contribution in [1.82, 2.24) is 0 Å². The molecule has 0 amide bonds. The van der Waals surface area contributed by atoms with Crippen LogP contribution in [0.4, 0.5) is 0 Å². The Morgan fingerprint density at radius 3 is 2.81 bits per heavy atom. The molecule has 0 atom stereocenters. The van der Waals surface area contributed by atoms with E-state index in [1.807, 2.05) is 49.4 Å². The second kappa shape index (κ2) is 5.97. The van der Waals surface area contributed by atoms with E-state index in [1.165, 1.54) is 0 Å². The number of Topliss-reactive ketones (excluding diaryl/α,β-unsaturated/α-hetero) is 1.